The van der Waals surface area contributed by atoms with Crippen LogP contribution in [0.15, 0.2) is 0 Å². The summed E-state index contributed by atoms with van der Waals surface area (Å²) in [5.41, 5.74) is -3.22. The average Bonchev–Trinajstić information content (AvgIpc) is 2.34. The summed E-state index contributed by atoms with van der Waals surface area (Å²) >= 11 is 0. The predicted octanol–water partition coefficient (Wildman–Crippen LogP) is -1.82. The van der Waals surface area contributed by atoms with Crippen LogP contribution in [0.5, 0.6) is 0 Å². The molecule has 3 unspecified atom stereocenters. The molecule has 0 spiro atoms. The van der Waals surface area contributed by atoms with E-state index in [1.165, 1.54) is 0 Å². The Bertz CT molecular complexity index is 494. The third-order valence-electron chi connectivity index (χ3n) is 2.50. The summed E-state index contributed by atoms with van der Waals surface area (Å²) in [5.74, 6) is -9.17. The summed E-state index contributed by atoms with van der Waals surface area (Å²) in [5, 5.41) is 44.4. The van der Waals surface area contributed by atoms with Crippen molar-refractivity contribution < 1.29 is 54.2 Å². The quantitative estimate of drug-likeness (QED) is 0.284. The number of hydrogen-bond donors (Lipinski definition) is 5. The minimum Gasteiger partial charge on any atom is -0.481 e. The van der Waals surface area contributed by atoms with Crippen molar-refractivity contribution in [1.29, 1.82) is 0 Å². The number of carboxylic acid groups (broad SMARTS) is 4. The molecule has 11 heteroatoms. The second-order valence-electron chi connectivity index (χ2n) is 4.29. The number of carbonyl (C=O) groups is 5. The first-order chi connectivity index (χ1) is 9.93. The number of aliphatic hydroxyl groups excluding tert-OH is 1. The summed E-state index contributed by atoms with van der Waals surface area (Å²) < 4.78 is 4.54. The van der Waals surface area contributed by atoms with Crippen molar-refractivity contribution in [2.75, 3.05) is 0 Å². The number of carboxylic acids is 4. The van der Waals surface area contributed by atoms with Crippen LogP contribution in [-0.2, 0) is 28.7 Å². The molecule has 0 saturated heterocycles. The number of Topliss-reactive ketones (excluding diaryl/α,β-unsaturated/α-hetero) is 1. The van der Waals surface area contributed by atoms with Gasteiger partial charge in [-0.2, -0.15) is 0 Å². The molecule has 0 aliphatic carbocycles. The van der Waals surface area contributed by atoms with Crippen LogP contribution in [0, 0.1) is 0 Å². The number of ether oxygens (including phenoxy) is 1. The lowest BCUT2D eigenvalue weighted by atomic mass is 9.90. The lowest BCUT2D eigenvalue weighted by Gasteiger charge is -2.30. The Morgan fingerprint density at radius 2 is 1.50 bits per heavy atom. The molecule has 0 aromatic rings. The number of aliphatic hydroxyl groups is 1. The Kier molecular flexibility index (Phi) is 6.61. The summed E-state index contributed by atoms with van der Waals surface area (Å²) in [6.45, 7) is 0.832. The van der Waals surface area contributed by atoms with Gasteiger partial charge in [-0.15, -0.1) is 0 Å². The van der Waals surface area contributed by atoms with Crippen molar-refractivity contribution in [1.82, 2.24) is 0 Å². The van der Waals surface area contributed by atoms with Gasteiger partial charge in [-0.1, -0.05) is 0 Å². The van der Waals surface area contributed by atoms with E-state index in [9.17, 15) is 29.1 Å². The Morgan fingerprint density at radius 3 is 1.77 bits per heavy atom. The molecule has 0 aliphatic heterocycles. The maximum Gasteiger partial charge on any atom is 0.344 e. The SMILES string of the molecule is CC(O)C(=O)C(CC(=O)O)(OC(CC(=O)O)C(=O)O)C(=O)O. The highest BCUT2D eigenvalue weighted by Gasteiger charge is 2.53. The predicted molar refractivity (Wildman–Crippen MR) is 64.1 cm³/mol. The van der Waals surface area contributed by atoms with Crippen LogP contribution in [0.1, 0.15) is 19.8 Å². The van der Waals surface area contributed by atoms with Gasteiger partial charge in [0.15, 0.2) is 6.10 Å². The number of hydrogen-bond acceptors (Lipinski definition) is 7. The zero-order valence-corrected chi connectivity index (χ0v) is 11.3. The highest BCUT2D eigenvalue weighted by Crippen LogP contribution is 2.24. The highest BCUT2D eigenvalue weighted by molar-refractivity contribution is 6.10. The zero-order valence-electron chi connectivity index (χ0n) is 11.3. The molecule has 0 aromatic heterocycles. The fourth-order valence-corrected chi connectivity index (χ4v) is 1.55. The van der Waals surface area contributed by atoms with E-state index >= 15 is 0 Å². The summed E-state index contributed by atoms with van der Waals surface area (Å²) in [7, 11) is 0. The molecule has 124 valence electrons. The Balaban J connectivity index is 5.86. The zero-order chi connectivity index (χ0) is 17.7. The second-order valence-corrected chi connectivity index (χ2v) is 4.29. The summed E-state index contributed by atoms with van der Waals surface area (Å²) in [4.78, 5) is 55.4. The third-order valence-corrected chi connectivity index (χ3v) is 2.50. The number of rotatable bonds is 10. The van der Waals surface area contributed by atoms with Gasteiger partial charge in [-0.3, -0.25) is 14.4 Å². The molecular formula is C11H14O11. The lowest BCUT2D eigenvalue weighted by Crippen LogP contribution is -2.57. The number of ketones is 1. The first-order valence-electron chi connectivity index (χ1n) is 5.74. The van der Waals surface area contributed by atoms with E-state index in [0.29, 0.717) is 0 Å². The van der Waals surface area contributed by atoms with Crippen molar-refractivity contribution in [2.45, 2.75) is 37.6 Å². The fourth-order valence-electron chi connectivity index (χ4n) is 1.55. The molecule has 0 aromatic carbocycles. The molecule has 0 heterocycles. The van der Waals surface area contributed by atoms with Gasteiger partial charge in [0.05, 0.1) is 12.8 Å². The molecule has 0 fully saturated rings. The summed E-state index contributed by atoms with van der Waals surface area (Å²) in [6.07, 6.45) is -6.97. The molecule has 0 amide bonds. The molecule has 0 radical (unpaired) electrons. The van der Waals surface area contributed by atoms with Gasteiger partial charge in [0, 0.05) is 0 Å². The molecule has 0 rings (SSSR count). The van der Waals surface area contributed by atoms with Crippen LogP contribution < -0.4 is 0 Å². The van der Waals surface area contributed by atoms with Gasteiger partial charge < -0.3 is 30.3 Å². The topological polar surface area (TPSA) is 196 Å². The van der Waals surface area contributed by atoms with Gasteiger partial charge in [-0.25, -0.2) is 9.59 Å². The number of carbonyl (C=O) groups excluding carboxylic acids is 1. The summed E-state index contributed by atoms with van der Waals surface area (Å²) in [6, 6.07) is 0. The molecule has 0 saturated carbocycles. The van der Waals surface area contributed by atoms with Crippen molar-refractivity contribution in [3.8, 4) is 0 Å². The van der Waals surface area contributed by atoms with E-state index in [-0.39, 0.29) is 0 Å². The van der Waals surface area contributed by atoms with E-state index in [0.717, 1.165) is 6.92 Å². The molecule has 22 heavy (non-hydrogen) atoms. The van der Waals surface area contributed by atoms with Crippen LogP contribution in [0.2, 0.25) is 0 Å². The van der Waals surface area contributed by atoms with Crippen LogP contribution in [0.4, 0.5) is 0 Å². The highest BCUT2D eigenvalue weighted by atomic mass is 16.6. The minimum atomic E-state index is -3.22. The van der Waals surface area contributed by atoms with Gasteiger partial charge in [-0.05, 0) is 6.92 Å². The molecule has 5 N–H and O–H groups in total. The molecule has 0 bridgehead atoms. The standard InChI is InChI=1S/C11H14O11/c1-4(12)8(17)11(10(20)21,3-7(15)16)22-5(9(18)19)2-6(13)14/h4-5,12H,2-3H2,1H3,(H,13,14)(H,15,16)(H,18,19)(H,20,21). The monoisotopic (exact) mass is 322 g/mol. The van der Waals surface area contributed by atoms with E-state index in [1.54, 1.807) is 0 Å². The maximum atomic E-state index is 11.8. The van der Waals surface area contributed by atoms with Gasteiger partial charge in [0.25, 0.3) is 0 Å². The van der Waals surface area contributed by atoms with Crippen LogP contribution in [-0.4, -0.2) is 73.0 Å². The fraction of sp³-hybridized carbons (Fsp3) is 0.545. The second kappa shape index (κ2) is 7.47. The van der Waals surface area contributed by atoms with E-state index in [1.807, 2.05) is 0 Å². The molecule has 3 atom stereocenters. The van der Waals surface area contributed by atoms with Crippen LogP contribution in [0.3, 0.4) is 0 Å². The van der Waals surface area contributed by atoms with E-state index < -0.39 is 60.3 Å². The van der Waals surface area contributed by atoms with Crippen molar-refractivity contribution >= 4 is 29.7 Å². The Labute approximate surface area is 122 Å². The molecule has 0 aliphatic rings. The van der Waals surface area contributed by atoms with Gasteiger partial charge in [0.1, 0.15) is 6.10 Å². The molecule has 11 nitrogen and oxygen atoms in total. The molecular weight excluding hydrogens is 308 g/mol. The van der Waals surface area contributed by atoms with Gasteiger partial charge >= 0.3 is 23.9 Å². The van der Waals surface area contributed by atoms with Crippen LogP contribution in [0.25, 0.3) is 0 Å². The first kappa shape index (κ1) is 19.5. The van der Waals surface area contributed by atoms with Crippen molar-refractivity contribution in [3.05, 3.63) is 0 Å². The van der Waals surface area contributed by atoms with Crippen LogP contribution >= 0.6 is 0 Å². The van der Waals surface area contributed by atoms with E-state index in [4.69, 9.17) is 20.4 Å². The van der Waals surface area contributed by atoms with Crippen molar-refractivity contribution in [3.63, 3.8) is 0 Å². The third kappa shape index (κ3) is 4.79. The average molecular weight is 322 g/mol. The van der Waals surface area contributed by atoms with Crippen molar-refractivity contribution in [2.24, 2.45) is 0 Å². The lowest BCUT2D eigenvalue weighted by molar-refractivity contribution is -0.195. The number of aliphatic carboxylic acids is 4. The smallest absolute Gasteiger partial charge is 0.344 e. The maximum absolute atomic E-state index is 11.8. The Morgan fingerprint density at radius 1 is 1.00 bits per heavy atom. The Hall–Kier alpha value is -2.53. The van der Waals surface area contributed by atoms with Gasteiger partial charge in [0.2, 0.25) is 11.4 Å². The minimum absolute atomic E-state index is 0.832. The van der Waals surface area contributed by atoms with E-state index in [2.05, 4.69) is 4.74 Å². The largest absolute Gasteiger partial charge is 0.481 e. The first-order valence-corrected chi connectivity index (χ1v) is 5.74. The normalized spacial score (nSPS) is 16.1.